The number of hydrogen-bond donors (Lipinski definition) is 2. The summed E-state index contributed by atoms with van der Waals surface area (Å²) in [6.45, 7) is 1.41. The second-order valence-corrected chi connectivity index (χ2v) is 9.14. The third-order valence-electron chi connectivity index (χ3n) is 5.46. The molecule has 4 aromatic heterocycles. The number of thiophene rings is 1. The number of rotatable bonds is 7. The molecule has 0 bridgehead atoms. The largest absolute Gasteiger partial charge is 0.490 e. The number of alkyl halides is 3. The SMILES string of the molecule is O=C(NCc1ccsc1)c1cc(-c2cnc(-c3cccnc3)nc2)cn1CC1CC1.O=C(O)C(F)(F)F. The fourth-order valence-electron chi connectivity index (χ4n) is 3.38. The lowest BCUT2D eigenvalue weighted by atomic mass is 10.1. The van der Waals surface area contributed by atoms with Gasteiger partial charge in [-0.3, -0.25) is 9.78 Å². The number of aromatic nitrogens is 4. The Labute approximate surface area is 213 Å². The van der Waals surface area contributed by atoms with Gasteiger partial charge in [-0.05, 0) is 59.3 Å². The van der Waals surface area contributed by atoms with E-state index in [4.69, 9.17) is 9.90 Å². The van der Waals surface area contributed by atoms with Crippen molar-refractivity contribution in [1.82, 2.24) is 24.8 Å². The van der Waals surface area contributed by atoms with Gasteiger partial charge in [-0.2, -0.15) is 24.5 Å². The molecule has 12 heteroatoms. The highest BCUT2D eigenvalue weighted by Crippen LogP contribution is 2.32. The van der Waals surface area contributed by atoms with Crippen molar-refractivity contribution in [3.63, 3.8) is 0 Å². The number of carboxylic acids is 1. The molecule has 1 saturated carbocycles. The fourth-order valence-corrected chi connectivity index (χ4v) is 4.04. The van der Waals surface area contributed by atoms with Crippen molar-refractivity contribution in [2.45, 2.75) is 32.1 Å². The van der Waals surface area contributed by atoms with Gasteiger partial charge in [-0.1, -0.05) is 0 Å². The predicted molar refractivity (Wildman–Crippen MR) is 131 cm³/mol. The molecule has 192 valence electrons. The number of nitrogens with one attached hydrogen (secondary N) is 1. The number of carbonyl (C=O) groups excluding carboxylic acids is 1. The van der Waals surface area contributed by atoms with Crippen LogP contribution in [0.15, 0.2) is 66.0 Å². The summed E-state index contributed by atoms with van der Waals surface area (Å²) in [6.07, 6.45) is 6.50. The highest BCUT2D eigenvalue weighted by atomic mass is 32.1. The quantitative estimate of drug-likeness (QED) is 0.347. The summed E-state index contributed by atoms with van der Waals surface area (Å²) < 4.78 is 33.8. The van der Waals surface area contributed by atoms with E-state index >= 15 is 0 Å². The van der Waals surface area contributed by atoms with Gasteiger partial charge in [0, 0.05) is 60.8 Å². The third kappa shape index (κ3) is 7.23. The molecule has 8 nitrogen and oxygen atoms in total. The standard InChI is InChI=1S/C23H21N5OS.C2HF3O2/c29-23(27-9-17-5-7-30-15-17)21-8-19(14-28(21)13-16-3-4-16)20-11-25-22(26-12-20)18-2-1-6-24-10-18;3-2(4,5)1(6)7/h1-2,5-8,10-12,14-16H,3-4,9,13H2,(H,27,29);(H,6,7). The van der Waals surface area contributed by atoms with E-state index in [0.717, 1.165) is 28.8 Å². The zero-order valence-electron chi connectivity index (χ0n) is 19.4. The number of carbonyl (C=O) groups is 2. The Hall–Kier alpha value is -4.06. The average Bonchev–Trinajstić information content (AvgIpc) is 3.36. The van der Waals surface area contributed by atoms with Crippen LogP contribution in [0.1, 0.15) is 28.9 Å². The van der Waals surface area contributed by atoms with E-state index in [-0.39, 0.29) is 5.91 Å². The van der Waals surface area contributed by atoms with Crippen LogP contribution in [0.5, 0.6) is 0 Å². The second-order valence-electron chi connectivity index (χ2n) is 8.36. The minimum Gasteiger partial charge on any atom is -0.475 e. The van der Waals surface area contributed by atoms with Gasteiger partial charge in [0.25, 0.3) is 5.91 Å². The van der Waals surface area contributed by atoms with Crippen molar-refractivity contribution >= 4 is 23.2 Å². The summed E-state index contributed by atoms with van der Waals surface area (Å²) in [5.41, 5.74) is 4.53. The molecule has 2 N–H and O–H groups in total. The summed E-state index contributed by atoms with van der Waals surface area (Å²) in [5, 5.41) is 14.2. The smallest absolute Gasteiger partial charge is 0.475 e. The highest BCUT2D eigenvalue weighted by molar-refractivity contribution is 7.07. The summed E-state index contributed by atoms with van der Waals surface area (Å²) in [6, 6.07) is 7.77. The first-order chi connectivity index (χ1) is 17.7. The molecular formula is C25H22F3N5O3S. The molecule has 1 aliphatic rings. The lowest BCUT2D eigenvalue weighted by molar-refractivity contribution is -0.192. The number of pyridine rings is 1. The zero-order chi connectivity index (χ0) is 26.4. The molecule has 37 heavy (non-hydrogen) atoms. The van der Waals surface area contributed by atoms with Crippen LogP contribution in [0.25, 0.3) is 22.5 Å². The molecule has 0 radical (unpaired) electrons. The summed E-state index contributed by atoms with van der Waals surface area (Å²) in [7, 11) is 0. The van der Waals surface area contributed by atoms with Gasteiger partial charge in [-0.25, -0.2) is 14.8 Å². The van der Waals surface area contributed by atoms with Crippen LogP contribution >= 0.6 is 11.3 Å². The van der Waals surface area contributed by atoms with Gasteiger partial charge in [0.2, 0.25) is 0 Å². The Kier molecular flexibility index (Phi) is 7.97. The van der Waals surface area contributed by atoms with E-state index in [1.807, 2.05) is 35.8 Å². The number of amides is 1. The number of halogens is 3. The van der Waals surface area contributed by atoms with Crippen LogP contribution in [-0.4, -0.2) is 42.7 Å². The molecule has 5 rings (SSSR count). The van der Waals surface area contributed by atoms with Crippen LogP contribution < -0.4 is 5.32 Å². The van der Waals surface area contributed by atoms with Crippen molar-refractivity contribution in [2.24, 2.45) is 5.92 Å². The molecular weight excluding hydrogens is 507 g/mol. The number of nitrogens with zero attached hydrogens (tertiary/aromatic N) is 4. The van der Waals surface area contributed by atoms with Crippen LogP contribution in [0.2, 0.25) is 0 Å². The summed E-state index contributed by atoms with van der Waals surface area (Å²) in [5.74, 6) is -1.51. The van der Waals surface area contributed by atoms with Crippen molar-refractivity contribution in [2.75, 3.05) is 0 Å². The third-order valence-corrected chi connectivity index (χ3v) is 6.19. The maximum absolute atomic E-state index is 12.9. The molecule has 0 aliphatic heterocycles. The molecule has 1 aliphatic carbocycles. The highest BCUT2D eigenvalue weighted by Gasteiger charge is 2.38. The fraction of sp³-hybridized carbons (Fsp3) is 0.240. The Morgan fingerprint density at radius 2 is 1.84 bits per heavy atom. The van der Waals surface area contributed by atoms with Crippen LogP contribution in [0.3, 0.4) is 0 Å². The molecule has 4 heterocycles. The number of aliphatic carboxylic acids is 1. The first-order valence-electron chi connectivity index (χ1n) is 11.2. The van der Waals surface area contributed by atoms with Gasteiger partial charge in [0.15, 0.2) is 5.82 Å². The Morgan fingerprint density at radius 3 is 2.41 bits per heavy atom. The van der Waals surface area contributed by atoms with E-state index in [9.17, 15) is 18.0 Å². The molecule has 0 atom stereocenters. The topological polar surface area (TPSA) is 110 Å². The summed E-state index contributed by atoms with van der Waals surface area (Å²) >= 11 is 1.63. The van der Waals surface area contributed by atoms with E-state index in [1.54, 1.807) is 36.1 Å². The normalized spacial score (nSPS) is 12.9. The molecule has 0 aromatic carbocycles. The molecule has 4 aromatic rings. The van der Waals surface area contributed by atoms with Gasteiger partial charge in [0.1, 0.15) is 5.69 Å². The maximum Gasteiger partial charge on any atom is 0.490 e. The Morgan fingerprint density at radius 1 is 1.11 bits per heavy atom. The summed E-state index contributed by atoms with van der Waals surface area (Å²) in [4.78, 5) is 34.9. The average molecular weight is 530 g/mol. The predicted octanol–water partition coefficient (Wildman–Crippen LogP) is 5.04. The minimum atomic E-state index is -5.08. The first-order valence-corrected chi connectivity index (χ1v) is 12.2. The number of carboxylic acid groups (broad SMARTS) is 1. The molecule has 1 fully saturated rings. The Bertz CT molecular complexity index is 1340. The van der Waals surface area contributed by atoms with Crippen LogP contribution in [-0.2, 0) is 17.9 Å². The molecule has 0 unspecified atom stereocenters. The van der Waals surface area contributed by atoms with Gasteiger partial charge >= 0.3 is 12.1 Å². The van der Waals surface area contributed by atoms with Crippen molar-refractivity contribution in [1.29, 1.82) is 0 Å². The number of hydrogen-bond acceptors (Lipinski definition) is 6. The maximum atomic E-state index is 12.9. The van der Waals surface area contributed by atoms with E-state index in [1.165, 1.54) is 12.8 Å². The molecule has 1 amide bonds. The van der Waals surface area contributed by atoms with Gasteiger partial charge < -0.3 is 15.0 Å². The lowest BCUT2D eigenvalue weighted by Crippen LogP contribution is -2.25. The first kappa shape index (κ1) is 26.0. The minimum absolute atomic E-state index is 0.0546. The van der Waals surface area contributed by atoms with E-state index in [2.05, 4.69) is 30.2 Å². The van der Waals surface area contributed by atoms with Crippen LogP contribution in [0.4, 0.5) is 13.2 Å². The molecule has 0 spiro atoms. The lowest BCUT2D eigenvalue weighted by Gasteiger charge is -2.08. The van der Waals surface area contributed by atoms with Gasteiger partial charge in [0.05, 0.1) is 0 Å². The van der Waals surface area contributed by atoms with Crippen LogP contribution in [0, 0.1) is 5.92 Å². The molecule has 0 saturated heterocycles. The van der Waals surface area contributed by atoms with Gasteiger partial charge in [-0.15, -0.1) is 0 Å². The van der Waals surface area contributed by atoms with Crippen molar-refractivity contribution in [3.8, 4) is 22.5 Å². The van der Waals surface area contributed by atoms with E-state index < -0.39 is 12.1 Å². The van der Waals surface area contributed by atoms with Crippen molar-refractivity contribution in [3.05, 3.63) is 77.3 Å². The zero-order valence-corrected chi connectivity index (χ0v) is 20.2. The van der Waals surface area contributed by atoms with E-state index in [0.29, 0.717) is 24.0 Å². The second kappa shape index (κ2) is 11.3. The Balaban J connectivity index is 0.000000405. The monoisotopic (exact) mass is 529 g/mol. The van der Waals surface area contributed by atoms with Crippen molar-refractivity contribution < 1.29 is 27.9 Å².